The fourth-order valence-corrected chi connectivity index (χ4v) is 4.96. The molecule has 1 amide bonds. The van der Waals surface area contributed by atoms with Crippen molar-refractivity contribution in [3.05, 3.63) is 59.7 Å². The molecular weight excluding hydrogens is 426 g/mol. The smallest absolute Gasteiger partial charge is 0.264 e. The first-order valence-electron chi connectivity index (χ1n) is 11.0. The fraction of sp³-hybridized carbons (Fsp3) is 0.458. The number of anilines is 1. The summed E-state index contributed by atoms with van der Waals surface area (Å²) < 4.78 is 33.4. The highest BCUT2D eigenvalue weighted by molar-refractivity contribution is 7.92. The van der Waals surface area contributed by atoms with Crippen molar-refractivity contribution in [2.45, 2.75) is 31.6 Å². The summed E-state index contributed by atoms with van der Waals surface area (Å²) in [6.07, 6.45) is 0. The number of amides is 1. The number of hydrogen-bond donors (Lipinski definition) is 1. The molecule has 0 spiro atoms. The Morgan fingerprint density at radius 3 is 2.28 bits per heavy atom. The lowest BCUT2D eigenvalue weighted by Crippen LogP contribution is -2.44. The standard InChI is InChI=1S/C24H33N3O4S/c1-19(2)21-6-8-22(9-7-21)27(32(29,30)23-10-4-20(3)5-11-23)18-24(28)25-12-13-26-14-16-31-17-15-26/h4-11,19H,12-18H2,1-3H3,(H,25,28). The molecule has 2 aromatic rings. The number of carbonyl (C=O) groups is 1. The normalized spacial score (nSPS) is 15.0. The molecule has 1 aliphatic heterocycles. The van der Waals surface area contributed by atoms with Crippen molar-refractivity contribution in [2.75, 3.05) is 50.2 Å². The average Bonchev–Trinajstić information content (AvgIpc) is 2.78. The first-order chi connectivity index (χ1) is 15.3. The first-order valence-corrected chi connectivity index (χ1v) is 12.5. The SMILES string of the molecule is Cc1ccc(S(=O)(=O)N(CC(=O)NCCN2CCOCC2)c2ccc(C(C)C)cc2)cc1. The van der Waals surface area contributed by atoms with Gasteiger partial charge in [0.05, 0.1) is 23.8 Å². The molecule has 1 N–H and O–H groups in total. The molecular formula is C24H33N3O4S. The van der Waals surface area contributed by atoms with E-state index >= 15 is 0 Å². The van der Waals surface area contributed by atoms with Crippen molar-refractivity contribution in [3.8, 4) is 0 Å². The zero-order valence-corrected chi connectivity index (χ0v) is 19.9. The molecule has 0 aromatic heterocycles. The molecule has 1 fully saturated rings. The summed E-state index contributed by atoms with van der Waals surface area (Å²) in [5.41, 5.74) is 2.55. The number of nitrogens with one attached hydrogen (secondary N) is 1. The molecule has 3 rings (SSSR count). The molecule has 0 unspecified atom stereocenters. The van der Waals surface area contributed by atoms with Crippen LogP contribution in [0.3, 0.4) is 0 Å². The van der Waals surface area contributed by atoms with Crippen LogP contribution in [0.25, 0.3) is 0 Å². The summed E-state index contributed by atoms with van der Waals surface area (Å²) in [5, 5.41) is 2.86. The van der Waals surface area contributed by atoms with Gasteiger partial charge in [0.1, 0.15) is 6.54 Å². The predicted octanol–water partition coefficient (Wildman–Crippen LogP) is 2.76. The van der Waals surface area contributed by atoms with Gasteiger partial charge in [-0.3, -0.25) is 14.0 Å². The van der Waals surface area contributed by atoms with E-state index in [4.69, 9.17) is 4.74 Å². The third-order valence-corrected chi connectivity index (χ3v) is 7.39. The molecule has 0 radical (unpaired) electrons. The van der Waals surface area contributed by atoms with Crippen LogP contribution in [0.5, 0.6) is 0 Å². The topological polar surface area (TPSA) is 79.0 Å². The number of hydrogen-bond acceptors (Lipinski definition) is 5. The molecule has 1 saturated heterocycles. The second kappa shape index (κ2) is 10.9. The van der Waals surface area contributed by atoms with Gasteiger partial charge < -0.3 is 10.1 Å². The van der Waals surface area contributed by atoms with Crippen molar-refractivity contribution in [3.63, 3.8) is 0 Å². The molecule has 0 atom stereocenters. The van der Waals surface area contributed by atoms with E-state index in [1.54, 1.807) is 36.4 Å². The Morgan fingerprint density at radius 2 is 1.69 bits per heavy atom. The van der Waals surface area contributed by atoms with Gasteiger partial charge in [0.2, 0.25) is 5.91 Å². The van der Waals surface area contributed by atoms with Crippen molar-refractivity contribution in [1.29, 1.82) is 0 Å². The van der Waals surface area contributed by atoms with E-state index in [9.17, 15) is 13.2 Å². The van der Waals surface area contributed by atoms with Gasteiger partial charge in [-0.05, 0) is 42.7 Å². The van der Waals surface area contributed by atoms with Crippen LogP contribution < -0.4 is 9.62 Å². The minimum atomic E-state index is -3.90. The fourth-order valence-electron chi connectivity index (χ4n) is 3.54. The first kappa shape index (κ1) is 24.2. The Labute approximate surface area is 191 Å². The summed E-state index contributed by atoms with van der Waals surface area (Å²) in [6.45, 7) is 10.0. The molecule has 0 bridgehead atoms. The second-order valence-electron chi connectivity index (χ2n) is 8.37. The number of sulfonamides is 1. The lowest BCUT2D eigenvalue weighted by atomic mass is 10.0. The van der Waals surface area contributed by atoms with Crippen LogP contribution >= 0.6 is 0 Å². The van der Waals surface area contributed by atoms with Crippen LogP contribution in [0, 0.1) is 6.92 Å². The summed E-state index contributed by atoms with van der Waals surface area (Å²) in [7, 11) is -3.90. The molecule has 8 heteroatoms. The Kier molecular flexibility index (Phi) is 8.28. The third kappa shape index (κ3) is 6.31. The van der Waals surface area contributed by atoms with Crippen molar-refractivity contribution < 1.29 is 17.9 Å². The van der Waals surface area contributed by atoms with E-state index in [2.05, 4.69) is 24.1 Å². The maximum atomic E-state index is 13.4. The minimum absolute atomic E-state index is 0.164. The van der Waals surface area contributed by atoms with Crippen molar-refractivity contribution in [1.82, 2.24) is 10.2 Å². The molecule has 32 heavy (non-hydrogen) atoms. The van der Waals surface area contributed by atoms with Gasteiger partial charge in [-0.2, -0.15) is 0 Å². The van der Waals surface area contributed by atoms with E-state index in [0.29, 0.717) is 37.9 Å². The van der Waals surface area contributed by atoms with E-state index in [0.717, 1.165) is 24.2 Å². The quantitative estimate of drug-likeness (QED) is 0.624. The summed E-state index contributed by atoms with van der Waals surface area (Å²) in [6, 6.07) is 14.0. The largest absolute Gasteiger partial charge is 0.379 e. The van der Waals surface area contributed by atoms with Crippen LogP contribution in [0.4, 0.5) is 5.69 Å². The average molecular weight is 460 g/mol. The molecule has 174 valence electrons. The van der Waals surface area contributed by atoms with Crippen molar-refractivity contribution in [2.24, 2.45) is 0 Å². The van der Waals surface area contributed by atoms with Crippen LogP contribution in [0.2, 0.25) is 0 Å². The van der Waals surface area contributed by atoms with Gasteiger partial charge in [-0.1, -0.05) is 43.7 Å². The number of rotatable bonds is 9. The number of nitrogens with zero attached hydrogens (tertiary/aromatic N) is 2. The number of morpholine rings is 1. The van der Waals surface area contributed by atoms with Gasteiger partial charge >= 0.3 is 0 Å². The second-order valence-corrected chi connectivity index (χ2v) is 10.2. The van der Waals surface area contributed by atoms with Crippen LogP contribution in [0.1, 0.15) is 30.9 Å². The maximum absolute atomic E-state index is 13.4. The van der Waals surface area contributed by atoms with Gasteiger partial charge in [-0.15, -0.1) is 0 Å². The highest BCUT2D eigenvalue weighted by atomic mass is 32.2. The van der Waals surface area contributed by atoms with E-state index in [1.165, 1.54) is 4.31 Å². The van der Waals surface area contributed by atoms with Crippen LogP contribution in [-0.2, 0) is 19.6 Å². The van der Waals surface area contributed by atoms with Gasteiger partial charge in [0, 0.05) is 26.2 Å². The number of carbonyl (C=O) groups excluding carboxylic acids is 1. The monoisotopic (exact) mass is 459 g/mol. The van der Waals surface area contributed by atoms with Gasteiger partial charge in [-0.25, -0.2) is 8.42 Å². The zero-order valence-electron chi connectivity index (χ0n) is 19.1. The minimum Gasteiger partial charge on any atom is -0.379 e. The predicted molar refractivity (Wildman–Crippen MR) is 127 cm³/mol. The Balaban J connectivity index is 1.76. The summed E-state index contributed by atoms with van der Waals surface area (Å²) in [5.74, 6) is -0.00317. The number of aryl methyl sites for hydroxylation is 1. The maximum Gasteiger partial charge on any atom is 0.264 e. The van der Waals surface area contributed by atoms with Gasteiger partial charge in [0.15, 0.2) is 0 Å². The Hall–Kier alpha value is -2.42. The lowest BCUT2D eigenvalue weighted by molar-refractivity contribution is -0.119. The van der Waals surface area contributed by atoms with E-state index in [-0.39, 0.29) is 17.3 Å². The van der Waals surface area contributed by atoms with Gasteiger partial charge in [0.25, 0.3) is 10.0 Å². The number of benzene rings is 2. The molecule has 1 heterocycles. The molecule has 1 aliphatic rings. The zero-order chi connectivity index (χ0) is 23.1. The molecule has 0 aliphatic carbocycles. The van der Waals surface area contributed by atoms with E-state index in [1.807, 2.05) is 19.1 Å². The Morgan fingerprint density at radius 1 is 1.06 bits per heavy atom. The third-order valence-electron chi connectivity index (χ3n) is 5.60. The van der Waals surface area contributed by atoms with Crippen molar-refractivity contribution >= 4 is 21.6 Å². The lowest BCUT2D eigenvalue weighted by Gasteiger charge is -2.27. The Bertz CT molecular complexity index is 983. The van der Waals surface area contributed by atoms with Crippen LogP contribution in [0.15, 0.2) is 53.4 Å². The van der Waals surface area contributed by atoms with E-state index < -0.39 is 10.0 Å². The molecule has 2 aromatic carbocycles. The van der Waals surface area contributed by atoms with Crippen LogP contribution in [-0.4, -0.2) is 65.2 Å². The highest BCUT2D eigenvalue weighted by Gasteiger charge is 2.27. The highest BCUT2D eigenvalue weighted by Crippen LogP contribution is 2.26. The summed E-state index contributed by atoms with van der Waals surface area (Å²) >= 11 is 0. The molecule has 0 saturated carbocycles. The molecule has 7 nitrogen and oxygen atoms in total. The number of ether oxygens (including phenoxy) is 1. The summed E-state index contributed by atoms with van der Waals surface area (Å²) in [4.78, 5) is 15.1.